The summed E-state index contributed by atoms with van der Waals surface area (Å²) in [6.07, 6.45) is 4.86. The molecule has 2 fully saturated rings. The van der Waals surface area contributed by atoms with Crippen molar-refractivity contribution in [3.05, 3.63) is 23.9 Å². The van der Waals surface area contributed by atoms with Crippen molar-refractivity contribution in [3.63, 3.8) is 0 Å². The Hall–Kier alpha value is -2.84. The van der Waals surface area contributed by atoms with Crippen molar-refractivity contribution in [2.24, 2.45) is 22.6 Å². The van der Waals surface area contributed by atoms with Crippen LogP contribution in [-0.4, -0.2) is 67.6 Å². The number of amides is 1. The summed E-state index contributed by atoms with van der Waals surface area (Å²) in [5, 5.41) is 3.45. The fourth-order valence-electron chi connectivity index (χ4n) is 4.32. The van der Waals surface area contributed by atoms with Gasteiger partial charge in [0, 0.05) is 57.4 Å². The summed E-state index contributed by atoms with van der Waals surface area (Å²) in [4.78, 5) is 36.9. The first-order valence-corrected chi connectivity index (χ1v) is 11.1. The largest absolute Gasteiger partial charge is 0.466 e. The molecular formula is C22H34N6O3. The topological polar surface area (TPSA) is 113 Å². The Kier molecular flexibility index (Phi) is 8.08. The summed E-state index contributed by atoms with van der Waals surface area (Å²) in [5.41, 5.74) is 6.55. The molecule has 0 aromatic carbocycles. The van der Waals surface area contributed by atoms with Gasteiger partial charge in [-0.3, -0.25) is 14.6 Å². The minimum absolute atomic E-state index is 0.0254. The maximum absolute atomic E-state index is 12.0. The van der Waals surface area contributed by atoms with E-state index in [1.165, 1.54) is 0 Å². The fourth-order valence-corrected chi connectivity index (χ4v) is 4.32. The lowest BCUT2D eigenvalue weighted by Crippen LogP contribution is -2.46. The predicted octanol–water partition coefficient (Wildman–Crippen LogP) is 1.13. The summed E-state index contributed by atoms with van der Waals surface area (Å²) in [7, 11) is 1.78. The first kappa shape index (κ1) is 22.8. The Bertz CT molecular complexity index is 783. The zero-order valence-electron chi connectivity index (χ0n) is 18.5. The highest BCUT2D eigenvalue weighted by Crippen LogP contribution is 2.25. The van der Waals surface area contributed by atoms with Crippen LogP contribution >= 0.6 is 0 Å². The van der Waals surface area contributed by atoms with E-state index in [1.54, 1.807) is 13.2 Å². The van der Waals surface area contributed by atoms with Gasteiger partial charge in [0.05, 0.1) is 12.5 Å². The van der Waals surface area contributed by atoms with Gasteiger partial charge < -0.3 is 25.6 Å². The smallest absolute Gasteiger partial charge is 0.309 e. The molecule has 2 aliphatic rings. The fraction of sp³-hybridized carbons (Fsp3) is 0.636. The number of carbonyl (C=O) groups is 2. The van der Waals surface area contributed by atoms with Crippen LogP contribution in [0.4, 0.5) is 5.82 Å². The SMILES string of the molecule is CCOC(=O)C1CCN(C(=NC)NCc2cccnc2N2CCC(C(N)=O)CC2)CC1. The van der Waals surface area contributed by atoms with Crippen LogP contribution in [0.5, 0.6) is 0 Å². The summed E-state index contributed by atoms with van der Waals surface area (Å²) in [5.74, 6) is 1.39. The zero-order chi connectivity index (χ0) is 22.2. The quantitative estimate of drug-likeness (QED) is 0.395. The highest BCUT2D eigenvalue weighted by atomic mass is 16.5. The van der Waals surface area contributed by atoms with Gasteiger partial charge in [0.25, 0.3) is 0 Å². The molecule has 3 rings (SSSR count). The van der Waals surface area contributed by atoms with Gasteiger partial charge in [-0.05, 0) is 38.7 Å². The van der Waals surface area contributed by atoms with Crippen molar-refractivity contribution in [3.8, 4) is 0 Å². The Morgan fingerprint density at radius 1 is 1.19 bits per heavy atom. The summed E-state index contributed by atoms with van der Waals surface area (Å²) < 4.78 is 5.16. The van der Waals surface area contributed by atoms with Crippen molar-refractivity contribution < 1.29 is 14.3 Å². The number of aliphatic imine (C=N–C) groups is 1. The number of carbonyl (C=O) groups excluding carboxylic acids is 2. The number of hydrogen-bond acceptors (Lipinski definition) is 6. The predicted molar refractivity (Wildman–Crippen MR) is 119 cm³/mol. The number of aromatic nitrogens is 1. The average Bonchev–Trinajstić information content (AvgIpc) is 2.80. The van der Waals surface area contributed by atoms with E-state index in [2.05, 4.69) is 31.2 Å². The number of pyridine rings is 1. The third kappa shape index (κ3) is 5.86. The van der Waals surface area contributed by atoms with Crippen LogP contribution in [0.15, 0.2) is 23.3 Å². The molecule has 0 saturated carbocycles. The number of rotatable bonds is 6. The monoisotopic (exact) mass is 430 g/mol. The molecule has 3 heterocycles. The van der Waals surface area contributed by atoms with Gasteiger partial charge in [-0.2, -0.15) is 0 Å². The number of esters is 1. The number of piperidine rings is 2. The Labute approximate surface area is 184 Å². The molecule has 1 amide bonds. The number of nitrogens with two attached hydrogens (primary N) is 1. The molecule has 0 spiro atoms. The zero-order valence-corrected chi connectivity index (χ0v) is 18.5. The number of guanidine groups is 1. The van der Waals surface area contributed by atoms with Crippen molar-refractivity contribution in [2.75, 3.05) is 44.7 Å². The van der Waals surface area contributed by atoms with Crippen LogP contribution in [-0.2, 0) is 20.9 Å². The number of primary amides is 1. The van der Waals surface area contributed by atoms with Crippen LogP contribution in [0.2, 0.25) is 0 Å². The van der Waals surface area contributed by atoms with Crippen molar-refractivity contribution in [1.29, 1.82) is 0 Å². The Morgan fingerprint density at radius 3 is 2.48 bits per heavy atom. The van der Waals surface area contributed by atoms with E-state index in [0.29, 0.717) is 13.2 Å². The summed E-state index contributed by atoms with van der Waals surface area (Å²) in [6, 6.07) is 4.00. The molecule has 1 aromatic heterocycles. The molecule has 0 radical (unpaired) electrons. The van der Waals surface area contributed by atoms with E-state index in [9.17, 15) is 9.59 Å². The van der Waals surface area contributed by atoms with Gasteiger partial charge in [-0.1, -0.05) is 6.07 Å². The molecule has 9 heteroatoms. The maximum Gasteiger partial charge on any atom is 0.309 e. The van der Waals surface area contributed by atoms with Crippen LogP contribution in [0.1, 0.15) is 38.2 Å². The van der Waals surface area contributed by atoms with Gasteiger partial charge in [0.2, 0.25) is 5.91 Å². The number of hydrogen-bond donors (Lipinski definition) is 2. The van der Waals surface area contributed by atoms with Gasteiger partial charge in [0.1, 0.15) is 5.82 Å². The number of nitrogens with zero attached hydrogens (tertiary/aromatic N) is 4. The standard InChI is InChI=1S/C22H34N6O3/c1-3-31-21(30)17-8-13-28(14-9-17)22(24-2)26-15-18-5-4-10-25-20(18)27-11-6-16(7-12-27)19(23)29/h4-5,10,16-17H,3,6-9,11-15H2,1-2H3,(H2,23,29)(H,24,26). The molecule has 9 nitrogen and oxygen atoms in total. The molecule has 0 aliphatic carbocycles. The van der Waals surface area contributed by atoms with E-state index in [0.717, 1.165) is 69.2 Å². The number of anilines is 1. The van der Waals surface area contributed by atoms with E-state index in [4.69, 9.17) is 10.5 Å². The van der Waals surface area contributed by atoms with E-state index in [-0.39, 0.29) is 23.7 Å². The normalized spacial score (nSPS) is 18.7. The molecule has 2 aliphatic heterocycles. The first-order chi connectivity index (χ1) is 15.0. The molecule has 3 N–H and O–H groups in total. The first-order valence-electron chi connectivity index (χ1n) is 11.1. The van der Waals surface area contributed by atoms with Crippen molar-refractivity contribution in [1.82, 2.24) is 15.2 Å². The highest BCUT2D eigenvalue weighted by molar-refractivity contribution is 5.80. The molecule has 0 unspecified atom stereocenters. The van der Waals surface area contributed by atoms with Crippen LogP contribution in [0.3, 0.4) is 0 Å². The van der Waals surface area contributed by atoms with E-state index >= 15 is 0 Å². The average molecular weight is 431 g/mol. The highest BCUT2D eigenvalue weighted by Gasteiger charge is 2.28. The van der Waals surface area contributed by atoms with Crippen LogP contribution in [0, 0.1) is 11.8 Å². The lowest BCUT2D eigenvalue weighted by Gasteiger charge is -2.34. The minimum Gasteiger partial charge on any atom is -0.466 e. The maximum atomic E-state index is 12.0. The molecular weight excluding hydrogens is 396 g/mol. The molecule has 170 valence electrons. The molecule has 1 aromatic rings. The Morgan fingerprint density at radius 2 is 1.87 bits per heavy atom. The van der Waals surface area contributed by atoms with E-state index in [1.807, 2.05) is 13.0 Å². The van der Waals surface area contributed by atoms with Crippen LogP contribution in [0.25, 0.3) is 0 Å². The van der Waals surface area contributed by atoms with Gasteiger partial charge in [-0.25, -0.2) is 4.98 Å². The second-order valence-corrected chi connectivity index (χ2v) is 8.06. The number of nitrogens with one attached hydrogen (secondary N) is 1. The van der Waals surface area contributed by atoms with Crippen molar-refractivity contribution in [2.45, 2.75) is 39.2 Å². The molecule has 31 heavy (non-hydrogen) atoms. The number of ether oxygens (including phenoxy) is 1. The van der Waals surface area contributed by atoms with E-state index < -0.39 is 0 Å². The second-order valence-electron chi connectivity index (χ2n) is 8.06. The van der Waals surface area contributed by atoms with Crippen molar-refractivity contribution >= 4 is 23.7 Å². The molecule has 0 atom stereocenters. The molecule has 0 bridgehead atoms. The minimum atomic E-state index is -0.210. The summed E-state index contributed by atoms with van der Waals surface area (Å²) >= 11 is 0. The third-order valence-electron chi connectivity index (χ3n) is 6.13. The van der Waals surface area contributed by atoms with Gasteiger partial charge in [-0.15, -0.1) is 0 Å². The lowest BCUT2D eigenvalue weighted by atomic mass is 9.96. The second kappa shape index (κ2) is 11.0. The lowest BCUT2D eigenvalue weighted by molar-refractivity contribution is -0.149. The third-order valence-corrected chi connectivity index (χ3v) is 6.13. The van der Waals surface area contributed by atoms with Gasteiger partial charge in [0.15, 0.2) is 5.96 Å². The van der Waals surface area contributed by atoms with Crippen LogP contribution < -0.4 is 16.0 Å². The molecule has 2 saturated heterocycles. The van der Waals surface area contributed by atoms with Gasteiger partial charge >= 0.3 is 5.97 Å². The number of likely N-dealkylation sites (tertiary alicyclic amines) is 1. The summed E-state index contributed by atoms with van der Waals surface area (Å²) in [6.45, 7) is 5.94. The Balaban J connectivity index is 1.56.